The summed E-state index contributed by atoms with van der Waals surface area (Å²) < 4.78 is 2.15. The Morgan fingerprint density at radius 3 is 2.60 bits per heavy atom. The average Bonchev–Trinajstić information content (AvgIpc) is 2.41. The largest absolute Gasteiger partial charge is 0.299 e. The minimum atomic E-state index is 1.23. The van der Waals surface area contributed by atoms with Crippen LogP contribution in [0.25, 0.3) is 0 Å². The van der Waals surface area contributed by atoms with Gasteiger partial charge in [0, 0.05) is 18.1 Å². The van der Waals surface area contributed by atoms with Gasteiger partial charge in [-0.3, -0.25) is 3.97 Å². The van der Waals surface area contributed by atoms with Crippen LogP contribution in [0.1, 0.15) is 19.8 Å². The Morgan fingerprint density at radius 1 is 1.30 bits per heavy atom. The summed E-state index contributed by atoms with van der Waals surface area (Å²) in [5, 5.41) is 0. The smallest absolute Gasteiger partial charge is 0.0156 e. The normalized spacial score (nSPS) is 10.1. The highest BCUT2D eigenvalue weighted by molar-refractivity contribution is 7.97. The molecule has 0 N–H and O–H groups in total. The number of hydrogen-bond acceptors (Lipinski definition) is 1. The molecule has 0 atom stereocenters. The van der Waals surface area contributed by atoms with Crippen molar-refractivity contribution in [2.75, 3.05) is 5.75 Å². The Morgan fingerprint density at radius 2 is 2.00 bits per heavy atom. The van der Waals surface area contributed by atoms with Crippen molar-refractivity contribution in [3.05, 3.63) is 24.5 Å². The van der Waals surface area contributed by atoms with Gasteiger partial charge < -0.3 is 0 Å². The van der Waals surface area contributed by atoms with Gasteiger partial charge in [0.25, 0.3) is 0 Å². The van der Waals surface area contributed by atoms with E-state index in [1.807, 2.05) is 11.9 Å². The van der Waals surface area contributed by atoms with Crippen molar-refractivity contribution in [2.24, 2.45) is 0 Å². The second kappa shape index (κ2) is 4.45. The van der Waals surface area contributed by atoms with E-state index >= 15 is 0 Å². The molecule has 0 aliphatic carbocycles. The highest BCUT2D eigenvalue weighted by atomic mass is 32.2. The van der Waals surface area contributed by atoms with Crippen LogP contribution in [0.4, 0.5) is 0 Å². The zero-order valence-electron chi connectivity index (χ0n) is 6.29. The van der Waals surface area contributed by atoms with E-state index in [0.717, 1.165) is 0 Å². The van der Waals surface area contributed by atoms with Crippen molar-refractivity contribution < 1.29 is 0 Å². The summed E-state index contributed by atoms with van der Waals surface area (Å²) in [7, 11) is 0. The van der Waals surface area contributed by atoms with Crippen molar-refractivity contribution in [3.8, 4) is 0 Å². The molecule has 0 saturated heterocycles. The number of nitrogens with zero attached hydrogens (tertiary/aromatic N) is 1. The molecular formula is C8H13NS. The minimum absolute atomic E-state index is 1.23. The molecule has 1 rings (SSSR count). The van der Waals surface area contributed by atoms with Gasteiger partial charge in [-0.25, -0.2) is 0 Å². The van der Waals surface area contributed by atoms with E-state index in [4.69, 9.17) is 0 Å². The lowest BCUT2D eigenvalue weighted by atomic mass is 10.4. The van der Waals surface area contributed by atoms with E-state index in [2.05, 4.69) is 35.4 Å². The van der Waals surface area contributed by atoms with E-state index < -0.39 is 0 Å². The first-order valence-electron chi connectivity index (χ1n) is 3.69. The van der Waals surface area contributed by atoms with Gasteiger partial charge >= 0.3 is 0 Å². The topological polar surface area (TPSA) is 4.93 Å². The van der Waals surface area contributed by atoms with Crippen LogP contribution in [0.5, 0.6) is 0 Å². The zero-order valence-corrected chi connectivity index (χ0v) is 7.10. The summed E-state index contributed by atoms with van der Waals surface area (Å²) in [5.41, 5.74) is 0. The Hall–Kier alpha value is -0.370. The molecule has 1 aromatic heterocycles. The van der Waals surface area contributed by atoms with Crippen LogP contribution in [0.3, 0.4) is 0 Å². The van der Waals surface area contributed by atoms with Gasteiger partial charge in [-0.15, -0.1) is 0 Å². The molecule has 0 amide bonds. The first-order chi connectivity index (χ1) is 4.93. The highest BCUT2D eigenvalue weighted by Gasteiger charge is 1.87. The van der Waals surface area contributed by atoms with Crippen LogP contribution in [-0.4, -0.2) is 9.73 Å². The highest BCUT2D eigenvalue weighted by Crippen LogP contribution is 2.07. The number of unbranched alkanes of at least 4 members (excludes halogenated alkanes) is 1. The van der Waals surface area contributed by atoms with Gasteiger partial charge in [-0.2, -0.15) is 0 Å². The Bertz CT molecular complexity index is 158. The lowest BCUT2D eigenvalue weighted by Gasteiger charge is -1.98. The third-order valence-electron chi connectivity index (χ3n) is 1.32. The third-order valence-corrected chi connectivity index (χ3v) is 2.33. The van der Waals surface area contributed by atoms with Crippen LogP contribution in [-0.2, 0) is 0 Å². The van der Waals surface area contributed by atoms with Crippen molar-refractivity contribution in [1.29, 1.82) is 0 Å². The van der Waals surface area contributed by atoms with Gasteiger partial charge in [-0.1, -0.05) is 13.3 Å². The molecule has 0 unspecified atom stereocenters. The van der Waals surface area contributed by atoms with E-state index in [9.17, 15) is 0 Å². The van der Waals surface area contributed by atoms with E-state index in [-0.39, 0.29) is 0 Å². The van der Waals surface area contributed by atoms with Gasteiger partial charge in [0.15, 0.2) is 0 Å². The molecule has 0 spiro atoms. The summed E-state index contributed by atoms with van der Waals surface area (Å²) >= 11 is 1.87. The molecule has 56 valence electrons. The molecule has 0 aromatic carbocycles. The lowest BCUT2D eigenvalue weighted by Crippen LogP contribution is -1.84. The SMILES string of the molecule is CCCCSn1cccc1. The summed E-state index contributed by atoms with van der Waals surface area (Å²) in [5.74, 6) is 1.23. The monoisotopic (exact) mass is 155 g/mol. The van der Waals surface area contributed by atoms with Gasteiger partial charge in [0.2, 0.25) is 0 Å². The maximum Gasteiger partial charge on any atom is 0.0156 e. The molecule has 1 aromatic rings. The summed E-state index contributed by atoms with van der Waals surface area (Å²) in [6, 6.07) is 4.11. The summed E-state index contributed by atoms with van der Waals surface area (Å²) in [6.07, 6.45) is 6.76. The fourth-order valence-corrected chi connectivity index (χ4v) is 1.66. The number of aromatic nitrogens is 1. The van der Waals surface area contributed by atoms with Crippen LogP contribution in [0.15, 0.2) is 24.5 Å². The average molecular weight is 155 g/mol. The Kier molecular flexibility index (Phi) is 3.44. The van der Waals surface area contributed by atoms with Crippen LogP contribution >= 0.6 is 11.9 Å². The molecule has 0 aliphatic rings. The second-order valence-corrected chi connectivity index (χ2v) is 3.32. The van der Waals surface area contributed by atoms with Gasteiger partial charge in [-0.05, 0) is 30.5 Å². The fraction of sp³-hybridized carbons (Fsp3) is 0.500. The minimum Gasteiger partial charge on any atom is -0.299 e. The fourth-order valence-electron chi connectivity index (χ4n) is 0.719. The first kappa shape index (κ1) is 7.73. The molecule has 10 heavy (non-hydrogen) atoms. The van der Waals surface area contributed by atoms with Crippen molar-refractivity contribution in [1.82, 2.24) is 3.97 Å². The molecule has 1 heterocycles. The lowest BCUT2D eigenvalue weighted by molar-refractivity contribution is 0.894. The standard InChI is InChI=1S/C8H13NS/c1-2-3-8-10-9-6-4-5-7-9/h4-7H,2-3,8H2,1H3. The molecule has 0 saturated carbocycles. The Labute approximate surface area is 66.6 Å². The maximum absolute atomic E-state index is 2.22. The van der Waals surface area contributed by atoms with Crippen LogP contribution in [0.2, 0.25) is 0 Å². The Balaban J connectivity index is 2.15. The van der Waals surface area contributed by atoms with E-state index in [0.29, 0.717) is 0 Å². The van der Waals surface area contributed by atoms with E-state index in [1.165, 1.54) is 18.6 Å². The van der Waals surface area contributed by atoms with Gasteiger partial charge in [0.1, 0.15) is 0 Å². The molecule has 0 fully saturated rings. The summed E-state index contributed by atoms with van der Waals surface area (Å²) in [4.78, 5) is 0. The first-order valence-corrected chi connectivity index (χ1v) is 4.64. The van der Waals surface area contributed by atoms with Crippen molar-refractivity contribution in [3.63, 3.8) is 0 Å². The maximum atomic E-state index is 2.22. The van der Waals surface area contributed by atoms with E-state index in [1.54, 1.807) is 0 Å². The molecule has 0 bridgehead atoms. The number of hydrogen-bond donors (Lipinski definition) is 0. The third kappa shape index (κ3) is 2.48. The van der Waals surface area contributed by atoms with Crippen LogP contribution < -0.4 is 0 Å². The predicted octanol–water partition coefficient (Wildman–Crippen LogP) is 2.78. The van der Waals surface area contributed by atoms with Crippen molar-refractivity contribution in [2.45, 2.75) is 19.8 Å². The molecule has 1 nitrogen and oxygen atoms in total. The van der Waals surface area contributed by atoms with Gasteiger partial charge in [0.05, 0.1) is 0 Å². The molecule has 2 heteroatoms. The predicted molar refractivity (Wildman–Crippen MR) is 47.2 cm³/mol. The van der Waals surface area contributed by atoms with Crippen LogP contribution in [0, 0.1) is 0 Å². The molecular weight excluding hydrogens is 142 g/mol. The quantitative estimate of drug-likeness (QED) is 0.605. The number of rotatable bonds is 4. The second-order valence-electron chi connectivity index (χ2n) is 2.23. The molecule has 0 radical (unpaired) electrons. The summed E-state index contributed by atoms with van der Waals surface area (Å²) in [6.45, 7) is 2.22. The van der Waals surface area contributed by atoms with Crippen molar-refractivity contribution >= 4 is 11.9 Å². The molecule has 0 aliphatic heterocycles. The zero-order chi connectivity index (χ0) is 7.23.